The van der Waals surface area contributed by atoms with Crippen molar-refractivity contribution in [2.45, 2.75) is 32.6 Å². The van der Waals surface area contributed by atoms with Crippen molar-refractivity contribution in [2.75, 3.05) is 5.01 Å². The van der Waals surface area contributed by atoms with E-state index in [9.17, 15) is 9.59 Å². The van der Waals surface area contributed by atoms with Crippen LogP contribution in [-0.2, 0) is 14.3 Å². The van der Waals surface area contributed by atoms with Crippen LogP contribution in [0.3, 0.4) is 0 Å². The van der Waals surface area contributed by atoms with E-state index in [-0.39, 0.29) is 5.91 Å². The molecule has 1 heterocycles. The van der Waals surface area contributed by atoms with Gasteiger partial charge in [-0.15, -0.1) is 0 Å². The summed E-state index contributed by atoms with van der Waals surface area (Å²) in [5.74, 6) is -1.33. The molecule has 0 aromatic heterocycles. The monoisotopic (exact) mass is 324 g/mol. The Kier molecular flexibility index (Phi) is 5.18. The van der Waals surface area contributed by atoms with Crippen molar-refractivity contribution in [2.24, 2.45) is 0 Å². The molecule has 0 aliphatic carbocycles. The van der Waals surface area contributed by atoms with Crippen LogP contribution in [0.15, 0.2) is 30.4 Å². The number of carbonyl (C=O) groups is 2. The third-order valence-electron chi connectivity index (χ3n) is 3.26. The highest BCUT2D eigenvalue weighted by atomic mass is 35.5. The average Bonchev–Trinajstić information content (AvgIpc) is 2.48. The maximum Gasteiger partial charge on any atom is 0.332 e. The van der Waals surface area contributed by atoms with Gasteiger partial charge in [-0.2, -0.15) is 5.43 Å². The quantitative estimate of drug-likeness (QED) is 0.868. The predicted molar refractivity (Wildman–Crippen MR) is 82.5 cm³/mol. The van der Waals surface area contributed by atoms with Gasteiger partial charge >= 0.3 is 5.97 Å². The zero-order valence-corrected chi connectivity index (χ0v) is 13.0. The van der Waals surface area contributed by atoms with E-state index in [4.69, 9.17) is 21.4 Å². The molecule has 0 saturated heterocycles. The fourth-order valence-electron chi connectivity index (χ4n) is 2.07. The summed E-state index contributed by atoms with van der Waals surface area (Å²) in [6.45, 7) is 3.57. The number of carboxylic acids is 1. The number of carbonyl (C=O) groups excluding carboxylic acids is 1. The van der Waals surface area contributed by atoms with Gasteiger partial charge in [0.1, 0.15) is 6.23 Å². The summed E-state index contributed by atoms with van der Waals surface area (Å²) in [5, 5.41) is 10.8. The highest BCUT2D eigenvalue weighted by Crippen LogP contribution is 2.25. The number of carboxylic acid groups (broad SMARTS) is 1. The molecule has 1 aliphatic heterocycles. The van der Waals surface area contributed by atoms with Crippen LogP contribution in [0.4, 0.5) is 5.69 Å². The number of hydrazine groups is 1. The van der Waals surface area contributed by atoms with Gasteiger partial charge < -0.3 is 9.84 Å². The zero-order chi connectivity index (χ0) is 16.3. The maximum atomic E-state index is 12.1. The highest BCUT2D eigenvalue weighted by Gasteiger charge is 2.27. The first-order chi connectivity index (χ1) is 10.4. The largest absolute Gasteiger partial charge is 0.479 e. The number of nitrogens with zero attached hydrogens (tertiary/aromatic N) is 1. The Bertz CT molecular complexity index is 618. The van der Waals surface area contributed by atoms with Gasteiger partial charge in [0.15, 0.2) is 6.10 Å². The van der Waals surface area contributed by atoms with Crippen molar-refractivity contribution < 1.29 is 19.4 Å². The summed E-state index contributed by atoms with van der Waals surface area (Å²) < 4.78 is 5.45. The maximum absolute atomic E-state index is 12.1. The molecule has 118 valence electrons. The van der Waals surface area contributed by atoms with Crippen molar-refractivity contribution in [1.29, 1.82) is 0 Å². The molecule has 0 spiro atoms. The van der Waals surface area contributed by atoms with Crippen LogP contribution in [0.1, 0.15) is 18.9 Å². The van der Waals surface area contributed by atoms with Gasteiger partial charge in [0.25, 0.3) is 5.91 Å². The fraction of sp³-hybridized carbons (Fsp3) is 0.333. The molecule has 7 heteroatoms. The minimum atomic E-state index is -1.04. The molecule has 22 heavy (non-hydrogen) atoms. The summed E-state index contributed by atoms with van der Waals surface area (Å²) in [6, 6.07) is 5.19. The average molecular weight is 325 g/mol. The van der Waals surface area contributed by atoms with Crippen molar-refractivity contribution in [1.82, 2.24) is 5.43 Å². The van der Waals surface area contributed by atoms with E-state index in [1.54, 1.807) is 25.1 Å². The molecule has 0 bridgehead atoms. The number of rotatable bonds is 5. The van der Waals surface area contributed by atoms with Crippen LogP contribution in [0, 0.1) is 6.92 Å². The Hall–Kier alpha value is -1.89. The predicted octanol–water partition coefficient (Wildman–Crippen LogP) is 2.26. The second kappa shape index (κ2) is 6.91. The van der Waals surface area contributed by atoms with Crippen molar-refractivity contribution in [3.8, 4) is 0 Å². The summed E-state index contributed by atoms with van der Waals surface area (Å²) in [7, 11) is 0. The van der Waals surface area contributed by atoms with E-state index in [1.165, 1.54) is 17.2 Å². The van der Waals surface area contributed by atoms with E-state index >= 15 is 0 Å². The molecule has 2 rings (SSSR count). The Labute approximate surface area is 133 Å². The standard InChI is InChI=1S/C15H17ClN2O4/c1-3-12(15(20)21)22-13-6-7-14(19)18(17-13)11-8-10(16)5-4-9(11)2/h4-8,12-13,17H,3H2,1-2H3,(H,20,21). The first-order valence-electron chi connectivity index (χ1n) is 6.85. The van der Waals surface area contributed by atoms with E-state index in [0.717, 1.165) is 5.56 Å². The second-order valence-electron chi connectivity index (χ2n) is 4.88. The molecule has 1 aromatic rings. The van der Waals surface area contributed by atoms with Crippen LogP contribution >= 0.6 is 11.6 Å². The number of amides is 1. The van der Waals surface area contributed by atoms with Crippen LogP contribution in [0.2, 0.25) is 5.02 Å². The molecule has 1 aliphatic rings. The van der Waals surface area contributed by atoms with Crippen molar-refractivity contribution in [3.05, 3.63) is 40.9 Å². The lowest BCUT2D eigenvalue weighted by Gasteiger charge is -2.32. The Balaban J connectivity index is 2.20. The molecule has 6 nitrogen and oxygen atoms in total. The Morgan fingerprint density at radius 1 is 1.55 bits per heavy atom. The SMILES string of the molecule is CCC(OC1C=CC(=O)N(c2cc(Cl)ccc2C)N1)C(=O)O. The molecule has 0 radical (unpaired) electrons. The molecule has 2 unspecified atom stereocenters. The Morgan fingerprint density at radius 2 is 2.27 bits per heavy atom. The number of ether oxygens (including phenoxy) is 1. The first kappa shape index (κ1) is 16.5. The van der Waals surface area contributed by atoms with Gasteiger partial charge in [-0.05, 0) is 37.1 Å². The van der Waals surface area contributed by atoms with Crippen LogP contribution in [0.5, 0.6) is 0 Å². The topological polar surface area (TPSA) is 78.9 Å². The molecule has 1 aromatic carbocycles. The molecule has 0 saturated carbocycles. The van der Waals surface area contributed by atoms with Crippen LogP contribution < -0.4 is 10.4 Å². The van der Waals surface area contributed by atoms with Crippen molar-refractivity contribution >= 4 is 29.2 Å². The number of hydrogen-bond donors (Lipinski definition) is 2. The smallest absolute Gasteiger partial charge is 0.332 e. The number of aliphatic carboxylic acids is 1. The van der Waals surface area contributed by atoms with E-state index in [1.807, 2.05) is 6.92 Å². The fourth-order valence-corrected chi connectivity index (χ4v) is 2.24. The normalized spacial score (nSPS) is 19.3. The van der Waals surface area contributed by atoms with Gasteiger partial charge in [0, 0.05) is 11.1 Å². The number of halogens is 1. The minimum absolute atomic E-state index is 0.284. The second-order valence-corrected chi connectivity index (χ2v) is 5.32. The number of benzene rings is 1. The van der Waals surface area contributed by atoms with Crippen LogP contribution in [-0.4, -0.2) is 29.3 Å². The van der Waals surface area contributed by atoms with Gasteiger partial charge in [0.05, 0.1) is 5.69 Å². The molecule has 1 amide bonds. The highest BCUT2D eigenvalue weighted by molar-refractivity contribution is 6.31. The van der Waals surface area contributed by atoms with Crippen LogP contribution in [0.25, 0.3) is 0 Å². The van der Waals surface area contributed by atoms with Gasteiger partial charge in [-0.3, -0.25) is 4.79 Å². The zero-order valence-electron chi connectivity index (χ0n) is 12.2. The summed E-state index contributed by atoms with van der Waals surface area (Å²) in [4.78, 5) is 23.1. The van der Waals surface area contributed by atoms with Crippen molar-refractivity contribution in [3.63, 3.8) is 0 Å². The number of anilines is 1. The lowest BCUT2D eigenvalue weighted by molar-refractivity contribution is -0.154. The summed E-state index contributed by atoms with van der Waals surface area (Å²) in [6.07, 6.45) is 1.50. The van der Waals surface area contributed by atoms with Gasteiger partial charge in [0.2, 0.25) is 0 Å². The van der Waals surface area contributed by atoms with Gasteiger partial charge in [-0.25, -0.2) is 9.80 Å². The Morgan fingerprint density at radius 3 is 2.91 bits per heavy atom. The van der Waals surface area contributed by atoms with E-state index in [0.29, 0.717) is 17.1 Å². The third kappa shape index (κ3) is 3.65. The number of nitrogens with one attached hydrogen (secondary N) is 1. The minimum Gasteiger partial charge on any atom is -0.479 e. The summed E-state index contributed by atoms with van der Waals surface area (Å²) >= 11 is 5.98. The molecule has 2 N–H and O–H groups in total. The lowest BCUT2D eigenvalue weighted by Crippen LogP contribution is -2.53. The van der Waals surface area contributed by atoms with E-state index in [2.05, 4.69) is 5.43 Å². The first-order valence-corrected chi connectivity index (χ1v) is 7.23. The molecule has 2 atom stereocenters. The molecular formula is C15H17ClN2O4. The van der Waals surface area contributed by atoms with E-state index < -0.39 is 18.3 Å². The molecule has 0 fully saturated rings. The number of hydrogen-bond acceptors (Lipinski definition) is 4. The number of aryl methyl sites for hydroxylation is 1. The lowest BCUT2D eigenvalue weighted by atomic mass is 10.2. The third-order valence-corrected chi connectivity index (χ3v) is 3.49. The molecular weight excluding hydrogens is 308 g/mol. The van der Waals surface area contributed by atoms with Gasteiger partial charge in [-0.1, -0.05) is 24.6 Å². The summed E-state index contributed by atoms with van der Waals surface area (Å²) in [5.41, 5.74) is 4.31.